The Labute approximate surface area is 122 Å². The maximum absolute atomic E-state index is 11.1. The summed E-state index contributed by atoms with van der Waals surface area (Å²) in [6, 6.07) is 0. The largest absolute Gasteiger partial charge is 0.469 e. The van der Waals surface area contributed by atoms with Gasteiger partial charge in [0, 0.05) is 24.9 Å². The van der Waals surface area contributed by atoms with E-state index in [9.17, 15) is 4.79 Å². The van der Waals surface area contributed by atoms with Crippen LogP contribution in [0.15, 0.2) is 6.33 Å². The molecule has 0 atom stereocenters. The van der Waals surface area contributed by atoms with E-state index in [2.05, 4.69) is 33.5 Å². The van der Waals surface area contributed by atoms with Gasteiger partial charge in [-0.1, -0.05) is 0 Å². The molecule has 6 heteroatoms. The van der Waals surface area contributed by atoms with Gasteiger partial charge in [-0.05, 0) is 25.8 Å². The fourth-order valence-corrected chi connectivity index (χ4v) is 3.11. The number of fused-ring (bicyclic) bond motifs is 1. The molecule has 20 heavy (non-hydrogen) atoms. The summed E-state index contributed by atoms with van der Waals surface area (Å²) >= 11 is 1.69. The second-order valence-corrected chi connectivity index (χ2v) is 5.97. The first-order chi connectivity index (χ1) is 9.54. The van der Waals surface area contributed by atoms with Crippen molar-refractivity contribution in [1.82, 2.24) is 9.97 Å². The van der Waals surface area contributed by atoms with Crippen LogP contribution in [0.1, 0.15) is 23.3 Å². The quantitative estimate of drug-likeness (QED) is 0.793. The van der Waals surface area contributed by atoms with Gasteiger partial charge in [0.25, 0.3) is 0 Å². The molecular formula is C14H19N3O2S. The Morgan fingerprint density at radius 3 is 2.85 bits per heavy atom. The first-order valence-electron chi connectivity index (χ1n) is 6.53. The maximum atomic E-state index is 11.1. The molecule has 2 aromatic heterocycles. The number of ether oxygens (including phenoxy) is 1. The second-order valence-electron chi connectivity index (χ2n) is 4.76. The maximum Gasteiger partial charge on any atom is 0.305 e. The molecule has 0 spiro atoms. The van der Waals surface area contributed by atoms with Crippen molar-refractivity contribution in [3.05, 3.63) is 16.8 Å². The van der Waals surface area contributed by atoms with Gasteiger partial charge in [0.2, 0.25) is 0 Å². The van der Waals surface area contributed by atoms with E-state index in [1.165, 1.54) is 17.6 Å². The average Bonchev–Trinajstić information content (AvgIpc) is 2.73. The van der Waals surface area contributed by atoms with Crippen molar-refractivity contribution in [2.45, 2.75) is 26.7 Å². The monoisotopic (exact) mass is 293 g/mol. The fraction of sp³-hybridized carbons (Fsp3) is 0.500. The Morgan fingerprint density at radius 1 is 1.40 bits per heavy atom. The molecule has 0 aromatic carbocycles. The first kappa shape index (κ1) is 14.7. The Bertz CT molecular complexity index is 624. The van der Waals surface area contributed by atoms with Crippen LogP contribution in [0, 0.1) is 13.8 Å². The van der Waals surface area contributed by atoms with Gasteiger partial charge in [-0.3, -0.25) is 4.79 Å². The minimum absolute atomic E-state index is 0.172. The zero-order valence-electron chi connectivity index (χ0n) is 12.3. The van der Waals surface area contributed by atoms with Crippen molar-refractivity contribution in [3.63, 3.8) is 0 Å². The van der Waals surface area contributed by atoms with Crippen LogP contribution in [-0.2, 0) is 9.53 Å². The number of aromatic nitrogens is 2. The number of hydrogen-bond donors (Lipinski definition) is 0. The van der Waals surface area contributed by atoms with Gasteiger partial charge < -0.3 is 9.64 Å². The molecular weight excluding hydrogens is 274 g/mol. The summed E-state index contributed by atoms with van der Waals surface area (Å²) < 4.78 is 4.65. The van der Waals surface area contributed by atoms with Crippen LogP contribution in [0.4, 0.5) is 5.82 Å². The highest BCUT2D eigenvalue weighted by molar-refractivity contribution is 7.18. The summed E-state index contributed by atoms with van der Waals surface area (Å²) in [7, 11) is 3.41. The molecule has 0 bridgehead atoms. The predicted molar refractivity (Wildman–Crippen MR) is 81.4 cm³/mol. The SMILES string of the molecule is COC(=O)CCCN(C)c1ncnc2sc(C)c(C)c12. The molecule has 0 saturated carbocycles. The van der Waals surface area contributed by atoms with Crippen LogP contribution < -0.4 is 4.90 Å². The number of aryl methyl sites for hydroxylation is 2. The number of hydrogen-bond acceptors (Lipinski definition) is 6. The summed E-state index contributed by atoms with van der Waals surface area (Å²) in [5.41, 5.74) is 1.24. The van der Waals surface area contributed by atoms with Gasteiger partial charge in [-0.25, -0.2) is 9.97 Å². The Morgan fingerprint density at radius 2 is 2.15 bits per heavy atom. The average molecular weight is 293 g/mol. The topological polar surface area (TPSA) is 55.3 Å². The predicted octanol–water partition coefficient (Wildman–Crippen LogP) is 2.70. The third-order valence-corrected chi connectivity index (χ3v) is 4.52. The number of carbonyl (C=O) groups is 1. The van der Waals surface area contributed by atoms with E-state index >= 15 is 0 Å². The molecule has 0 aliphatic heterocycles. The smallest absolute Gasteiger partial charge is 0.305 e. The van der Waals surface area contributed by atoms with E-state index in [1.807, 2.05) is 7.05 Å². The molecule has 0 fully saturated rings. The van der Waals surface area contributed by atoms with Gasteiger partial charge in [-0.2, -0.15) is 0 Å². The molecule has 0 saturated heterocycles. The summed E-state index contributed by atoms with van der Waals surface area (Å²) in [6.07, 6.45) is 2.78. The molecule has 0 amide bonds. The van der Waals surface area contributed by atoms with Gasteiger partial charge in [0.1, 0.15) is 17.0 Å². The third-order valence-electron chi connectivity index (χ3n) is 3.41. The van der Waals surface area contributed by atoms with Crippen LogP contribution in [0.3, 0.4) is 0 Å². The van der Waals surface area contributed by atoms with Gasteiger partial charge in [0.05, 0.1) is 12.5 Å². The van der Waals surface area contributed by atoms with Crippen molar-refractivity contribution in [2.24, 2.45) is 0 Å². The van der Waals surface area contributed by atoms with E-state index in [-0.39, 0.29) is 5.97 Å². The fourth-order valence-electron chi connectivity index (χ4n) is 2.12. The van der Waals surface area contributed by atoms with Crippen molar-refractivity contribution in [2.75, 3.05) is 25.6 Å². The van der Waals surface area contributed by atoms with Crippen LogP contribution in [0.25, 0.3) is 10.2 Å². The highest BCUT2D eigenvalue weighted by Gasteiger charge is 2.14. The van der Waals surface area contributed by atoms with E-state index in [0.717, 1.165) is 29.0 Å². The van der Waals surface area contributed by atoms with E-state index < -0.39 is 0 Å². The lowest BCUT2D eigenvalue weighted by Gasteiger charge is -2.18. The number of esters is 1. The number of anilines is 1. The lowest BCUT2D eigenvalue weighted by molar-refractivity contribution is -0.140. The minimum atomic E-state index is -0.172. The van der Waals surface area contributed by atoms with E-state index in [4.69, 9.17) is 0 Å². The van der Waals surface area contributed by atoms with Crippen LogP contribution >= 0.6 is 11.3 Å². The number of thiophene rings is 1. The van der Waals surface area contributed by atoms with Crippen molar-refractivity contribution < 1.29 is 9.53 Å². The zero-order chi connectivity index (χ0) is 14.7. The summed E-state index contributed by atoms with van der Waals surface area (Å²) in [5.74, 6) is 0.760. The Hall–Kier alpha value is -1.69. The number of rotatable bonds is 5. The van der Waals surface area contributed by atoms with Crippen LogP contribution in [0.2, 0.25) is 0 Å². The molecule has 2 rings (SSSR count). The Kier molecular flexibility index (Phi) is 4.54. The molecule has 108 valence electrons. The van der Waals surface area contributed by atoms with Gasteiger partial charge in [0.15, 0.2) is 0 Å². The molecule has 0 aliphatic rings. The first-order valence-corrected chi connectivity index (χ1v) is 7.35. The van der Waals surface area contributed by atoms with Crippen LogP contribution in [-0.4, -0.2) is 36.6 Å². The standard InChI is InChI=1S/C14H19N3O2S/c1-9-10(2)20-14-12(9)13(15-8-16-14)17(3)7-5-6-11(18)19-4/h8H,5-7H2,1-4H3. The molecule has 0 radical (unpaired) electrons. The highest BCUT2D eigenvalue weighted by atomic mass is 32.1. The van der Waals surface area contributed by atoms with Crippen molar-refractivity contribution >= 4 is 33.3 Å². The summed E-state index contributed by atoms with van der Waals surface area (Å²) in [4.78, 5) is 24.2. The van der Waals surface area contributed by atoms with Crippen molar-refractivity contribution in [1.29, 1.82) is 0 Å². The number of nitrogens with zero attached hydrogens (tertiary/aromatic N) is 3. The Balaban J connectivity index is 2.17. The molecule has 2 heterocycles. The van der Waals surface area contributed by atoms with Crippen molar-refractivity contribution in [3.8, 4) is 0 Å². The number of carbonyl (C=O) groups excluding carboxylic acids is 1. The molecule has 0 unspecified atom stereocenters. The van der Waals surface area contributed by atoms with Gasteiger partial charge >= 0.3 is 5.97 Å². The zero-order valence-corrected chi connectivity index (χ0v) is 13.1. The highest BCUT2D eigenvalue weighted by Crippen LogP contribution is 2.33. The van der Waals surface area contributed by atoms with E-state index in [0.29, 0.717) is 6.42 Å². The molecule has 0 aliphatic carbocycles. The second kappa shape index (κ2) is 6.17. The number of methoxy groups -OCH3 is 1. The van der Waals surface area contributed by atoms with Gasteiger partial charge in [-0.15, -0.1) is 11.3 Å². The summed E-state index contributed by atoms with van der Waals surface area (Å²) in [5, 5.41) is 1.12. The molecule has 5 nitrogen and oxygen atoms in total. The third kappa shape index (κ3) is 2.90. The summed E-state index contributed by atoms with van der Waals surface area (Å²) in [6.45, 7) is 4.96. The normalized spacial score (nSPS) is 10.8. The van der Waals surface area contributed by atoms with Crippen LogP contribution in [0.5, 0.6) is 0 Å². The lowest BCUT2D eigenvalue weighted by atomic mass is 10.2. The molecule has 2 aromatic rings. The molecule has 0 N–H and O–H groups in total. The minimum Gasteiger partial charge on any atom is -0.469 e. The lowest BCUT2D eigenvalue weighted by Crippen LogP contribution is -2.21. The van der Waals surface area contributed by atoms with E-state index in [1.54, 1.807) is 17.7 Å².